The molecule has 2 aromatic heterocycles. The third kappa shape index (κ3) is 1.83. The van der Waals surface area contributed by atoms with E-state index in [1.807, 2.05) is 36.1 Å². The first-order valence-corrected chi connectivity index (χ1v) is 5.01. The molecule has 2 rings (SSSR count). The Hall–Kier alpha value is -1.84. The Balaban J connectivity index is 2.42. The van der Waals surface area contributed by atoms with Crippen LogP contribution in [-0.2, 0) is 6.54 Å². The second-order valence-corrected chi connectivity index (χ2v) is 3.22. The Morgan fingerprint density at radius 1 is 1.47 bits per heavy atom. The molecule has 1 N–H and O–H groups in total. The molecule has 0 aliphatic rings. The Kier molecular flexibility index (Phi) is 2.67. The van der Waals surface area contributed by atoms with E-state index >= 15 is 0 Å². The van der Waals surface area contributed by atoms with Gasteiger partial charge in [0, 0.05) is 37.6 Å². The van der Waals surface area contributed by atoms with E-state index in [0.29, 0.717) is 0 Å². The van der Waals surface area contributed by atoms with Crippen molar-refractivity contribution in [2.75, 3.05) is 12.4 Å². The van der Waals surface area contributed by atoms with Gasteiger partial charge >= 0.3 is 0 Å². The van der Waals surface area contributed by atoms with E-state index in [-0.39, 0.29) is 0 Å². The summed E-state index contributed by atoms with van der Waals surface area (Å²) >= 11 is 0. The number of rotatable bonds is 3. The molecule has 0 saturated carbocycles. The standard InChI is InChI=1S/C11H14N4/c1-3-15-11(12-2)7-10(14-15)9-5-4-6-13-8-9/h4-8,12H,3H2,1-2H3. The van der Waals surface area contributed by atoms with Gasteiger partial charge in [0.1, 0.15) is 5.82 Å². The highest BCUT2D eigenvalue weighted by Gasteiger charge is 2.06. The quantitative estimate of drug-likeness (QED) is 0.827. The lowest BCUT2D eigenvalue weighted by atomic mass is 10.2. The van der Waals surface area contributed by atoms with E-state index in [4.69, 9.17) is 0 Å². The zero-order valence-corrected chi connectivity index (χ0v) is 8.94. The normalized spacial score (nSPS) is 10.3. The summed E-state index contributed by atoms with van der Waals surface area (Å²) in [4.78, 5) is 4.08. The van der Waals surface area contributed by atoms with Gasteiger partial charge in [-0.1, -0.05) is 0 Å². The van der Waals surface area contributed by atoms with Gasteiger partial charge in [-0.05, 0) is 19.1 Å². The van der Waals surface area contributed by atoms with E-state index in [1.165, 1.54) is 0 Å². The number of aromatic nitrogens is 3. The average Bonchev–Trinajstić information content (AvgIpc) is 2.73. The highest BCUT2D eigenvalue weighted by molar-refractivity contribution is 5.61. The van der Waals surface area contributed by atoms with Crippen molar-refractivity contribution in [2.24, 2.45) is 0 Å². The maximum atomic E-state index is 4.48. The van der Waals surface area contributed by atoms with Crippen LogP contribution in [0.1, 0.15) is 6.92 Å². The SMILES string of the molecule is CCn1nc(-c2cccnc2)cc1NC. The van der Waals surface area contributed by atoms with Crippen LogP contribution in [0.4, 0.5) is 5.82 Å². The van der Waals surface area contributed by atoms with E-state index < -0.39 is 0 Å². The summed E-state index contributed by atoms with van der Waals surface area (Å²) in [5, 5.41) is 7.60. The van der Waals surface area contributed by atoms with Crippen LogP contribution in [0.2, 0.25) is 0 Å². The molecule has 0 radical (unpaired) electrons. The van der Waals surface area contributed by atoms with E-state index in [2.05, 4.69) is 22.3 Å². The number of hydrogen-bond acceptors (Lipinski definition) is 3. The van der Waals surface area contributed by atoms with Crippen LogP contribution < -0.4 is 5.32 Å². The summed E-state index contributed by atoms with van der Waals surface area (Å²) in [6.07, 6.45) is 3.58. The van der Waals surface area contributed by atoms with Crippen molar-refractivity contribution in [1.29, 1.82) is 0 Å². The largest absolute Gasteiger partial charge is 0.373 e. The van der Waals surface area contributed by atoms with Crippen molar-refractivity contribution in [1.82, 2.24) is 14.8 Å². The molecule has 0 unspecified atom stereocenters. The highest BCUT2D eigenvalue weighted by atomic mass is 15.3. The minimum absolute atomic E-state index is 0.858. The first-order valence-electron chi connectivity index (χ1n) is 5.01. The van der Waals surface area contributed by atoms with Gasteiger partial charge in [0.15, 0.2) is 0 Å². The van der Waals surface area contributed by atoms with Crippen molar-refractivity contribution in [3.63, 3.8) is 0 Å². The lowest BCUT2D eigenvalue weighted by molar-refractivity contribution is 0.669. The van der Waals surface area contributed by atoms with Gasteiger partial charge in [-0.3, -0.25) is 4.98 Å². The summed E-state index contributed by atoms with van der Waals surface area (Å²) in [6, 6.07) is 5.95. The minimum atomic E-state index is 0.858. The van der Waals surface area contributed by atoms with E-state index in [1.54, 1.807) is 6.20 Å². The molecule has 0 aliphatic heterocycles. The minimum Gasteiger partial charge on any atom is -0.373 e. The van der Waals surface area contributed by atoms with Gasteiger partial charge in [-0.25, -0.2) is 4.68 Å². The van der Waals surface area contributed by atoms with E-state index in [0.717, 1.165) is 23.6 Å². The molecule has 0 spiro atoms. The molecule has 0 amide bonds. The Bertz CT molecular complexity index is 412. The molecule has 2 aromatic rings. The molecular weight excluding hydrogens is 188 g/mol. The van der Waals surface area contributed by atoms with Crippen LogP contribution in [0, 0.1) is 0 Å². The number of hydrogen-bond donors (Lipinski definition) is 1. The average molecular weight is 202 g/mol. The summed E-state index contributed by atoms with van der Waals surface area (Å²) in [7, 11) is 1.90. The number of aryl methyl sites for hydroxylation is 1. The monoisotopic (exact) mass is 202 g/mol. The lowest BCUT2D eigenvalue weighted by Crippen LogP contribution is -2.02. The first kappa shape index (κ1) is 9.71. The van der Waals surface area contributed by atoms with Crippen molar-refractivity contribution in [3.05, 3.63) is 30.6 Å². The molecular formula is C11H14N4. The molecule has 0 atom stereocenters. The number of nitrogens with one attached hydrogen (secondary N) is 1. The number of anilines is 1. The first-order chi connectivity index (χ1) is 7.35. The molecule has 15 heavy (non-hydrogen) atoms. The number of pyridine rings is 1. The van der Waals surface area contributed by atoms with Crippen molar-refractivity contribution < 1.29 is 0 Å². The number of nitrogens with zero attached hydrogens (tertiary/aromatic N) is 3. The summed E-state index contributed by atoms with van der Waals surface area (Å²) < 4.78 is 1.93. The van der Waals surface area contributed by atoms with Gasteiger partial charge < -0.3 is 5.32 Å². The fraction of sp³-hybridized carbons (Fsp3) is 0.273. The van der Waals surface area contributed by atoms with Crippen LogP contribution in [0.3, 0.4) is 0 Å². The predicted octanol–water partition coefficient (Wildman–Crippen LogP) is 2.01. The van der Waals surface area contributed by atoms with Gasteiger partial charge in [-0.2, -0.15) is 5.10 Å². The van der Waals surface area contributed by atoms with Crippen molar-refractivity contribution in [2.45, 2.75) is 13.5 Å². The fourth-order valence-electron chi connectivity index (χ4n) is 1.51. The topological polar surface area (TPSA) is 42.7 Å². The van der Waals surface area contributed by atoms with Gasteiger partial charge in [-0.15, -0.1) is 0 Å². The lowest BCUT2D eigenvalue weighted by Gasteiger charge is -2.00. The zero-order chi connectivity index (χ0) is 10.7. The molecule has 4 nitrogen and oxygen atoms in total. The summed E-state index contributed by atoms with van der Waals surface area (Å²) in [5.74, 6) is 1.02. The highest BCUT2D eigenvalue weighted by Crippen LogP contribution is 2.20. The smallest absolute Gasteiger partial charge is 0.124 e. The fourth-order valence-corrected chi connectivity index (χ4v) is 1.51. The van der Waals surface area contributed by atoms with Crippen molar-refractivity contribution in [3.8, 4) is 11.3 Å². The summed E-state index contributed by atoms with van der Waals surface area (Å²) in [5.41, 5.74) is 2.00. The third-order valence-corrected chi connectivity index (χ3v) is 2.29. The zero-order valence-electron chi connectivity index (χ0n) is 8.94. The Labute approximate surface area is 89.0 Å². The van der Waals surface area contributed by atoms with Gasteiger partial charge in [0.25, 0.3) is 0 Å². The predicted molar refractivity (Wildman–Crippen MR) is 60.7 cm³/mol. The van der Waals surface area contributed by atoms with Crippen LogP contribution in [-0.4, -0.2) is 21.8 Å². The van der Waals surface area contributed by atoms with Gasteiger partial charge in [0.2, 0.25) is 0 Å². The maximum absolute atomic E-state index is 4.48. The van der Waals surface area contributed by atoms with Gasteiger partial charge in [0.05, 0.1) is 5.69 Å². The third-order valence-electron chi connectivity index (χ3n) is 2.29. The summed E-state index contributed by atoms with van der Waals surface area (Å²) in [6.45, 7) is 2.93. The van der Waals surface area contributed by atoms with E-state index in [9.17, 15) is 0 Å². The molecule has 0 bridgehead atoms. The van der Waals surface area contributed by atoms with Crippen LogP contribution in [0.25, 0.3) is 11.3 Å². The molecule has 0 fully saturated rings. The van der Waals surface area contributed by atoms with Crippen LogP contribution in [0.15, 0.2) is 30.6 Å². The maximum Gasteiger partial charge on any atom is 0.124 e. The Morgan fingerprint density at radius 2 is 2.33 bits per heavy atom. The second kappa shape index (κ2) is 4.13. The molecule has 0 aromatic carbocycles. The van der Waals surface area contributed by atoms with Crippen molar-refractivity contribution >= 4 is 5.82 Å². The van der Waals surface area contributed by atoms with Crippen LogP contribution in [0.5, 0.6) is 0 Å². The van der Waals surface area contributed by atoms with Crippen LogP contribution >= 0.6 is 0 Å². The Morgan fingerprint density at radius 3 is 2.87 bits per heavy atom. The molecule has 4 heteroatoms. The molecule has 2 heterocycles. The molecule has 0 saturated heterocycles. The second-order valence-electron chi connectivity index (χ2n) is 3.22. The molecule has 78 valence electrons. The molecule has 0 aliphatic carbocycles.